The number of nitrogens with zero attached hydrogens (tertiary/aromatic N) is 3. The third-order valence-electron chi connectivity index (χ3n) is 5.06. The average molecular weight is 497 g/mol. The molecule has 0 saturated carbocycles. The molecule has 0 aliphatic rings. The Balaban J connectivity index is 1.65. The van der Waals surface area contributed by atoms with E-state index in [2.05, 4.69) is 15.5 Å². The van der Waals surface area contributed by atoms with Gasteiger partial charge in [0.25, 0.3) is 0 Å². The van der Waals surface area contributed by atoms with Crippen LogP contribution in [0.2, 0.25) is 10.0 Å². The first kappa shape index (κ1) is 23.4. The zero-order valence-corrected chi connectivity index (χ0v) is 20.7. The summed E-state index contributed by atoms with van der Waals surface area (Å²) in [5.74, 6) is 0.657. The van der Waals surface area contributed by atoms with Crippen LogP contribution >= 0.6 is 35.0 Å². The first-order valence-electron chi connectivity index (χ1n) is 10.3. The van der Waals surface area contributed by atoms with Crippen molar-refractivity contribution in [3.8, 4) is 17.1 Å². The Kier molecular flexibility index (Phi) is 7.08. The molecule has 0 saturated heterocycles. The summed E-state index contributed by atoms with van der Waals surface area (Å²) in [6.07, 6.45) is 0. The van der Waals surface area contributed by atoms with Crippen LogP contribution in [0.25, 0.3) is 17.1 Å². The molecule has 3 aromatic carbocycles. The Bertz CT molecular complexity index is 1340. The highest BCUT2D eigenvalue weighted by Crippen LogP contribution is 2.33. The highest BCUT2D eigenvalue weighted by molar-refractivity contribution is 7.99. The lowest BCUT2D eigenvalue weighted by Gasteiger charge is -2.12. The summed E-state index contributed by atoms with van der Waals surface area (Å²) in [4.78, 5) is 12.7. The van der Waals surface area contributed by atoms with Crippen molar-refractivity contribution in [1.82, 2.24) is 14.8 Å². The molecule has 4 rings (SSSR count). The molecule has 0 unspecified atom stereocenters. The second-order valence-electron chi connectivity index (χ2n) is 7.76. The lowest BCUT2D eigenvalue weighted by Crippen LogP contribution is -2.15. The largest absolute Gasteiger partial charge is 0.325 e. The number of rotatable bonds is 6. The van der Waals surface area contributed by atoms with Gasteiger partial charge in [-0.15, -0.1) is 10.2 Å². The van der Waals surface area contributed by atoms with Crippen LogP contribution in [0.5, 0.6) is 0 Å². The minimum Gasteiger partial charge on any atom is -0.325 e. The molecule has 0 spiro atoms. The smallest absolute Gasteiger partial charge is 0.234 e. The number of anilines is 1. The number of hydrogen-bond donors (Lipinski definition) is 1. The zero-order valence-electron chi connectivity index (χ0n) is 18.4. The number of carbonyl (C=O) groups excluding carboxylic acids is 1. The summed E-state index contributed by atoms with van der Waals surface area (Å²) < 4.78 is 1.91. The summed E-state index contributed by atoms with van der Waals surface area (Å²) in [5, 5.41) is 13.4. The number of carbonyl (C=O) groups is 1. The maximum Gasteiger partial charge on any atom is 0.234 e. The van der Waals surface area contributed by atoms with Crippen molar-refractivity contribution in [3.63, 3.8) is 0 Å². The molecule has 1 aromatic heterocycles. The quantitative estimate of drug-likeness (QED) is 0.295. The normalized spacial score (nSPS) is 10.9. The van der Waals surface area contributed by atoms with E-state index in [4.69, 9.17) is 23.2 Å². The number of aromatic nitrogens is 3. The Labute approximate surface area is 207 Å². The second kappa shape index (κ2) is 10.00. The Morgan fingerprint density at radius 3 is 2.52 bits per heavy atom. The van der Waals surface area contributed by atoms with Crippen LogP contribution in [-0.4, -0.2) is 26.4 Å². The topological polar surface area (TPSA) is 59.8 Å². The van der Waals surface area contributed by atoms with Gasteiger partial charge in [-0.05, 0) is 73.9 Å². The fourth-order valence-electron chi connectivity index (χ4n) is 3.40. The Morgan fingerprint density at radius 1 is 0.970 bits per heavy atom. The summed E-state index contributed by atoms with van der Waals surface area (Å²) in [7, 11) is 0. The van der Waals surface area contributed by atoms with Gasteiger partial charge < -0.3 is 5.32 Å². The van der Waals surface area contributed by atoms with Crippen LogP contribution < -0.4 is 5.32 Å². The average Bonchev–Trinajstić information content (AvgIpc) is 3.18. The van der Waals surface area contributed by atoms with E-state index in [-0.39, 0.29) is 11.7 Å². The van der Waals surface area contributed by atoms with E-state index in [0.717, 1.165) is 28.1 Å². The van der Waals surface area contributed by atoms with Crippen molar-refractivity contribution in [2.45, 2.75) is 25.9 Å². The molecule has 1 amide bonds. The van der Waals surface area contributed by atoms with Crippen LogP contribution in [-0.2, 0) is 4.79 Å². The van der Waals surface area contributed by atoms with Crippen LogP contribution in [0.4, 0.5) is 5.69 Å². The van der Waals surface area contributed by atoms with Gasteiger partial charge in [-0.25, -0.2) is 0 Å². The molecule has 0 atom stereocenters. The van der Waals surface area contributed by atoms with Crippen molar-refractivity contribution in [2.75, 3.05) is 11.1 Å². The Morgan fingerprint density at radius 2 is 1.76 bits per heavy atom. The van der Waals surface area contributed by atoms with Gasteiger partial charge in [0.1, 0.15) is 0 Å². The standard InChI is InChI=1S/C25H22Cl2N4OS/c1-15-5-4-6-19(11-15)31-24(20-10-9-18(26)13-21(20)27)29-30-25(31)33-14-23(32)28-22-12-16(2)7-8-17(22)3/h4-13H,14H2,1-3H3,(H,28,32). The molecule has 4 aromatic rings. The highest BCUT2D eigenvalue weighted by atomic mass is 35.5. The first-order valence-corrected chi connectivity index (χ1v) is 12.0. The van der Waals surface area contributed by atoms with Crippen LogP contribution in [0.1, 0.15) is 16.7 Å². The lowest BCUT2D eigenvalue weighted by molar-refractivity contribution is -0.113. The van der Waals surface area contributed by atoms with E-state index in [1.165, 1.54) is 11.8 Å². The molecule has 0 bridgehead atoms. The lowest BCUT2D eigenvalue weighted by atomic mass is 10.1. The summed E-state index contributed by atoms with van der Waals surface area (Å²) in [5.41, 5.74) is 5.61. The third kappa shape index (κ3) is 5.41. The number of halogens is 2. The first-order chi connectivity index (χ1) is 15.8. The maximum atomic E-state index is 12.7. The van der Waals surface area contributed by atoms with Gasteiger partial charge in [0, 0.05) is 22.0 Å². The molecule has 5 nitrogen and oxygen atoms in total. The minimum atomic E-state index is -0.112. The highest BCUT2D eigenvalue weighted by Gasteiger charge is 2.19. The van der Waals surface area contributed by atoms with Gasteiger partial charge in [-0.2, -0.15) is 0 Å². The van der Waals surface area contributed by atoms with Crippen molar-refractivity contribution in [1.29, 1.82) is 0 Å². The van der Waals surface area contributed by atoms with Gasteiger partial charge in [0.15, 0.2) is 11.0 Å². The van der Waals surface area contributed by atoms with Gasteiger partial charge in [-0.3, -0.25) is 9.36 Å². The summed E-state index contributed by atoms with van der Waals surface area (Å²) in [6, 6.07) is 19.3. The number of nitrogens with one attached hydrogen (secondary N) is 1. The molecular formula is C25H22Cl2N4OS. The van der Waals surface area contributed by atoms with Crippen molar-refractivity contribution in [3.05, 3.63) is 87.4 Å². The molecule has 1 heterocycles. The fraction of sp³-hybridized carbons (Fsp3) is 0.160. The van der Waals surface area contributed by atoms with E-state index >= 15 is 0 Å². The molecule has 33 heavy (non-hydrogen) atoms. The fourth-order valence-corrected chi connectivity index (χ4v) is 4.64. The summed E-state index contributed by atoms with van der Waals surface area (Å²) in [6.45, 7) is 5.99. The monoisotopic (exact) mass is 496 g/mol. The van der Waals surface area contributed by atoms with Crippen molar-refractivity contribution < 1.29 is 4.79 Å². The van der Waals surface area contributed by atoms with E-state index in [0.29, 0.717) is 26.6 Å². The van der Waals surface area contributed by atoms with Crippen LogP contribution in [0, 0.1) is 20.8 Å². The Hall–Kier alpha value is -2.80. The van der Waals surface area contributed by atoms with Crippen LogP contribution in [0.3, 0.4) is 0 Å². The van der Waals surface area contributed by atoms with E-state index in [1.54, 1.807) is 12.1 Å². The molecule has 0 aliphatic heterocycles. The van der Waals surface area contributed by atoms with E-state index < -0.39 is 0 Å². The van der Waals surface area contributed by atoms with Gasteiger partial charge >= 0.3 is 0 Å². The van der Waals surface area contributed by atoms with Crippen molar-refractivity contribution in [2.24, 2.45) is 0 Å². The van der Waals surface area contributed by atoms with Gasteiger partial charge in [-0.1, -0.05) is 59.2 Å². The van der Waals surface area contributed by atoms with E-state index in [9.17, 15) is 4.79 Å². The number of benzene rings is 3. The number of aryl methyl sites for hydroxylation is 3. The number of hydrogen-bond acceptors (Lipinski definition) is 4. The number of thioether (sulfide) groups is 1. The molecule has 8 heteroatoms. The SMILES string of the molecule is Cc1cccc(-n2c(SCC(=O)Nc3cc(C)ccc3C)nnc2-c2ccc(Cl)cc2Cl)c1. The maximum absolute atomic E-state index is 12.7. The minimum absolute atomic E-state index is 0.112. The molecule has 0 aliphatic carbocycles. The molecular weight excluding hydrogens is 475 g/mol. The molecule has 168 valence electrons. The van der Waals surface area contributed by atoms with E-state index in [1.807, 2.05) is 73.9 Å². The molecule has 1 N–H and O–H groups in total. The van der Waals surface area contributed by atoms with Crippen molar-refractivity contribution >= 4 is 46.6 Å². The number of amides is 1. The summed E-state index contributed by atoms with van der Waals surface area (Å²) >= 11 is 13.9. The van der Waals surface area contributed by atoms with Crippen LogP contribution in [0.15, 0.2) is 65.8 Å². The second-order valence-corrected chi connectivity index (χ2v) is 9.55. The third-order valence-corrected chi connectivity index (χ3v) is 6.54. The zero-order chi connectivity index (χ0) is 23.5. The molecule has 0 radical (unpaired) electrons. The molecule has 0 fully saturated rings. The van der Waals surface area contributed by atoms with Gasteiger partial charge in [0.2, 0.25) is 5.91 Å². The predicted octanol–water partition coefficient (Wildman–Crippen LogP) is 6.90. The predicted molar refractivity (Wildman–Crippen MR) is 137 cm³/mol. The van der Waals surface area contributed by atoms with Gasteiger partial charge in [0.05, 0.1) is 10.8 Å².